The summed E-state index contributed by atoms with van der Waals surface area (Å²) in [4.78, 5) is 23.5. The van der Waals surface area contributed by atoms with E-state index in [1.165, 1.54) is 16.6 Å². The highest BCUT2D eigenvalue weighted by molar-refractivity contribution is 5.95. The Morgan fingerprint density at radius 3 is 2.62 bits per heavy atom. The summed E-state index contributed by atoms with van der Waals surface area (Å²) < 4.78 is 2.28. The number of rotatable bonds is 7. The molecular weight excluding hydrogens is 364 g/mol. The molecule has 1 aliphatic heterocycles. The number of aliphatic hydroxyl groups excluding tert-OH is 1. The molecule has 0 atom stereocenters. The number of aryl methyl sites for hydroxylation is 2. The molecule has 4 rings (SSSR count). The monoisotopic (exact) mass is 392 g/mol. The minimum absolute atomic E-state index is 0.0876. The zero-order chi connectivity index (χ0) is 20.2. The molecular formula is C23H28N4O2. The van der Waals surface area contributed by atoms with Gasteiger partial charge in [0.05, 0.1) is 5.56 Å². The average molecular weight is 393 g/mol. The van der Waals surface area contributed by atoms with Gasteiger partial charge >= 0.3 is 0 Å². The lowest BCUT2D eigenvalue weighted by atomic mass is 9.98. The van der Waals surface area contributed by atoms with Crippen LogP contribution in [0.1, 0.15) is 41.7 Å². The molecule has 0 saturated carbocycles. The Morgan fingerprint density at radius 2 is 1.90 bits per heavy atom. The van der Waals surface area contributed by atoms with Gasteiger partial charge in [-0.15, -0.1) is 0 Å². The zero-order valence-corrected chi connectivity index (χ0v) is 16.9. The van der Waals surface area contributed by atoms with Crippen molar-refractivity contribution in [1.29, 1.82) is 0 Å². The Hall–Kier alpha value is -2.73. The van der Waals surface area contributed by atoms with E-state index in [0.717, 1.165) is 38.9 Å². The smallest absolute Gasteiger partial charge is 0.225 e. The van der Waals surface area contributed by atoms with Crippen molar-refractivity contribution in [3.63, 3.8) is 0 Å². The summed E-state index contributed by atoms with van der Waals surface area (Å²) in [6.45, 7) is 4.88. The summed E-state index contributed by atoms with van der Waals surface area (Å²) in [5.74, 6) is 1.14. The normalized spacial score (nSPS) is 15.2. The Morgan fingerprint density at radius 1 is 1.17 bits per heavy atom. The van der Waals surface area contributed by atoms with Crippen molar-refractivity contribution in [1.82, 2.24) is 14.5 Å². The van der Waals surface area contributed by atoms with E-state index in [2.05, 4.69) is 50.6 Å². The highest BCUT2D eigenvalue weighted by atomic mass is 16.3. The molecule has 6 heteroatoms. The number of fused-ring (bicyclic) bond motifs is 1. The summed E-state index contributed by atoms with van der Waals surface area (Å²) in [7, 11) is 0. The third-order valence-electron chi connectivity index (χ3n) is 5.92. The van der Waals surface area contributed by atoms with Gasteiger partial charge in [0.1, 0.15) is 0 Å². The van der Waals surface area contributed by atoms with Crippen molar-refractivity contribution >= 4 is 22.6 Å². The van der Waals surface area contributed by atoms with Crippen LogP contribution in [0.25, 0.3) is 10.9 Å². The van der Waals surface area contributed by atoms with Crippen LogP contribution in [0.3, 0.4) is 0 Å². The third-order valence-corrected chi connectivity index (χ3v) is 5.92. The van der Waals surface area contributed by atoms with Gasteiger partial charge in [0.15, 0.2) is 5.78 Å². The van der Waals surface area contributed by atoms with Gasteiger partial charge in [-0.1, -0.05) is 18.2 Å². The number of ketones is 1. The van der Waals surface area contributed by atoms with E-state index in [4.69, 9.17) is 0 Å². The molecule has 0 spiro atoms. The van der Waals surface area contributed by atoms with Crippen LogP contribution in [-0.2, 0) is 6.54 Å². The van der Waals surface area contributed by atoms with Crippen molar-refractivity contribution < 1.29 is 9.90 Å². The topological polar surface area (TPSA) is 71.2 Å². The second kappa shape index (κ2) is 8.74. The van der Waals surface area contributed by atoms with Crippen LogP contribution in [0.2, 0.25) is 0 Å². The van der Waals surface area contributed by atoms with E-state index in [-0.39, 0.29) is 12.4 Å². The number of hydrogen-bond donors (Lipinski definition) is 1. The van der Waals surface area contributed by atoms with Gasteiger partial charge in [-0.05, 0) is 49.6 Å². The van der Waals surface area contributed by atoms with Crippen molar-refractivity contribution in [3.05, 3.63) is 54.0 Å². The summed E-state index contributed by atoms with van der Waals surface area (Å²) >= 11 is 0. The van der Waals surface area contributed by atoms with Crippen molar-refractivity contribution in [2.45, 2.75) is 39.2 Å². The second-order valence-electron chi connectivity index (χ2n) is 7.91. The van der Waals surface area contributed by atoms with Crippen molar-refractivity contribution in [2.24, 2.45) is 5.92 Å². The average Bonchev–Trinajstić information content (AvgIpc) is 3.09. The lowest BCUT2D eigenvalue weighted by Crippen LogP contribution is -2.35. The number of piperidine rings is 1. The maximum atomic E-state index is 12.6. The fourth-order valence-electron chi connectivity index (χ4n) is 4.13. The predicted molar refractivity (Wildman–Crippen MR) is 114 cm³/mol. The first-order valence-corrected chi connectivity index (χ1v) is 10.4. The summed E-state index contributed by atoms with van der Waals surface area (Å²) in [6.07, 6.45) is 6.48. The largest absolute Gasteiger partial charge is 0.396 e. The molecule has 2 aromatic heterocycles. The van der Waals surface area contributed by atoms with E-state index in [1.54, 1.807) is 12.4 Å². The van der Waals surface area contributed by atoms with Gasteiger partial charge in [-0.2, -0.15) is 0 Å². The van der Waals surface area contributed by atoms with Crippen LogP contribution in [0, 0.1) is 12.8 Å². The number of anilines is 1. The summed E-state index contributed by atoms with van der Waals surface area (Å²) in [5, 5.41) is 10.5. The standard InChI is InChI=1S/C23H28N4O2/c1-17-13-19-5-2-3-6-21(19)27(17)10-4-7-22(29)20-14-24-23(25-15-20)26-11-8-18(16-28)9-12-26/h2-3,5-6,13-15,18,28H,4,7-12,16H2,1H3. The van der Waals surface area contributed by atoms with Crippen molar-refractivity contribution in [3.8, 4) is 0 Å². The minimum Gasteiger partial charge on any atom is -0.396 e. The number of hydrogen-bond acceptors (Lipinski definition) is 5. The molecule has 1 fully saturated rings. The molecule has 0 unspecified atom stereocenters. The van der Waals surface area contributed by atoms with E-state index in [9.17, 15) is 9.90 Å². The van der Waals surface area contributed by atoms with Crippen LogP contribution >= 0.6 is 0 Å². The molecule has 3 heterocycles. The van der Waals surface area contributed by atoms with Crippen LogP contribution < -0.4 is 4.90 Å². The van der Waals surface area contributed by atoms with E-state index in [1.807, 2.05) is 6.07 Å². The Kier molecular flexibility index (Phi) is 5.90. The lowest BCUT2D eigenvalue weighted by molar-refractivity contribution is 0.0978. The van der Waals surface area contributed by atoms with Crippen molar-refractivity contribution in [2.75, 3.05) is 24.6 Å². The molecule has 0 radical (unpaired) electrons. The first-order valence-electron chi connectivity index (χ1n) is 10.4. The highest BCUT2D eigenvalue weighted by Gasteiger charge is 2.20. The predicted octanol–water partition coefficient (Wildman–Crippen LogP) is 3.61. The van der Waals surface area contributed by atoms with Gasteiger partial charge in [0, 0.05) is 56.3 Å². The quantitative estimate of drug-likeness (QED) is 0.622. The van der Waals surface area contributed by atoms with E-state index >= 15 is 0 Å². The molecule has 1 saturated heterocycles. The van der Waals surface area contributed by atoms with Crippen LogP contribution in [-0.4, -0.2) is 45.1 Å². The number of Topliss-reactive ketones (excluding diaryl/α,β-unsaturated/α-hetero) is 1. The summed E-state index contributed by atoms with van der Waals surface area (Å²) in [6, 6.07) is 10.5. The highest BCUT2D eigenvalue weighted by Crippen LogP contribution is 2.21. The fraction of sp³-hybridized carbons (Fsp3) is 0.435. The SMILES string of the molecule is Cc1cc2ccccc2n1CCCC(=O)c1cnc(N2CCC(CO)CC2)nc1. The van der Waals surface area contributed by atoms with Gasteiger partial charge in [0.25, 0.3) is 0 Å². The van der Waals surface area contributed by atoms with Gasteiger partial charge in [0.2, 0.25) is 5.95 Å². The van der Waals surface area contributed by atoms with E-state index in [0.29, 0.717) is 23.9 Å². The Labute approximate surface area is 171 Å². The van der Waals surface area contributed by atoms with Gasteiger partial charge in [-0.25, -0.2) is 9.97 Å². The fourth-order valence-corrected chi connectivity index (χ4v) is 4.13. The number of para-hydroxylation sites is 1. The number of carbonyl (C=O) groups excluding carboxylic acids is 1. The van der Waals surface area contributed by atoms with Crippen LogP contribution in [0.4, 0.5) is 5.95 Å². The maximum absolute atomic E-state index is 12.6. The number of carbonyl (C=O) groups is 1. The zero-order valence-electron chi connectivity index (χ0n) is 16.9. The minimum atomic E-state index is 0.0876. The molecule has 0 amide bonds. The molecule has 0 aliphatic carbocycles. The maximum Gasteiger partial charge on any atom is 0.225 e. The number of nitrogens with zero attached hydrogens (tertiary/aromatic N) is 4. The number of aromatic nitrogens is 3. The Bertz CT molecular complexity index is 972. The second-order valence-corrected chi connectivity index (χ2v) is 7.91. The number of aliphatic hydroxyl groups is 1. The molecule has 1 aromatic carbocycles. The molecule has 0 bridgehead atoms. The molecule has 3 aromatic rings. The van der Waals surface area contributed by atoms with Gasteiger partial charge in [-0.3, -0.25) is 4.79 Å². The molecule has 1 aliphatic rings. The molecule has 6 nitrogen and oxygen atoms in total. The van der Waals surface area contributed by atoms with Gasteiger partial charge < -0.3 is 14.6 Å². The van der Waals surface area contributed by atoms with Crippen LogP contribution in [0.15, 0.2) is 42.7 Å². The van der Waals surface area contributed by atoms with E-state index < -0.39 is 0 Å². The molecule has 152 valence electrons. The summed E-state index contributed by atoms with van der Waals surface area (Å²) in [5.41, 5.74) is 3.01. The number of benzene rings is 1. The third kappa shape index (κ3) is 4.32. The molecule has 29 heavy (non-hydrogen) atoms. The first kappa shape index (κ1) is 19.6. The van der Waals surface area contributed by atoms with Crippen LogP contribution in [0.5, 0.6) is 0 Å². The molecule has 1 N–H and O–H groups in total. The first-order chi connectivity index (χ1) is 14.2. The Balaban J connectivity index is 1.32. The lowest BCUT2D eigenvalue weighted by Gasteiger charge is -2.30.